The number of benzene rings is 2. The first-order chi connectivity index (χ1) is 24.5. The number of ether oxygens (including phenoxy) is 2. The van der Waals surface area contributed by atoms with Crippen LogP contribution in [-0.4, -0.2) is 91.8 Å². The highest BCUT2D eigenvalue weighted by molar-refractivity contribution is 6.05. The van der Waals surface area contributed by atoms with E-state index in [0.29, 0.717) is 103 Å². The largest absolute Gasteiger partial charge is 0.481 e. The van der Waals surface area contributed by atoms with Gasteiger partial charge in [0.15, 0.2) is 12.4 Å². The van der Waals surface area contributed by atoms with Gasteiger partial charge in [0, 0.05) is 79.0 Å². The monoisotopic (exact) mass is 703 g/mol. The highest BCUT2D eigenvalue weighted by Crippen LogP contribution is 2.53. The normalized spacial score (nSPS) is 20.4. The predicted molar refractivity (Wildman–Crippen MR) is 191 cm³/mol. The second-order valence-corrected chi connectivity index (χ2v) is 15.2. The lowest BCUT2D eigenvalue weighted by Gasteiger charge is -2.54. The van der Waals surface area contributed by atoms with Gasteiger partial charge in [0.1, 0.15) is 11.3 Å². The molecule has 10 nitrogen and oxygen atoms in total. The summed E-state index contributed by atoms with van der Waals surface area (Å²) in [6.45, 7) is 8.81. The highest BCUT2D eigenvalue weighted by Gasteiger charge is 2.47. The van der Waals surface area contributed by atoms with Crippen molar-refractivity contribution in [1.82, 2.24) is 14.9 Å². The Morgan fingerprint density at radius 1 is 1.10 bits per heavy atom. The van der Waals surface area contributed by atoms with E-state index in [1.165, 1.54) is 12.3 Å². The number of hydrogen-bond donors (Lipinski definition) is 2. The lowest BCUT2D eigenvalue weighted by Crippen LogP contribution is -2.61. The van der Waals surface area contributed by atoms with Crippen molar-refractivity contribution in [3.8, 4) is 16.9 Å². The summed E-state index contributed by atoms with van der Waals surface area (Å²) in [5.74, 6) is 1.56. The predicted octanol–water partition coefficient (Wildman–Crippen LogP) is 6.23. The first-order valence-corrected chi connectivity index (χ1v) is 18.0. The quantitative estimate of drug-likeness (QED) is 0.137. The van der Waals surface area contributed by atoms with Crippen molar-refractivity contribution in [3.05, 3.63) is 47.5 Å². The van der Waals surface area contributed by atoms with Gasteiger partial charge in [0.2, 0.25) is 11.9 Å². The summed E-state index contributed by atoms with van der Waals surface area (Å²) < 4.78 is 53.8. The Kier molecular flexibility index (Phi) is 8.39. The third-order valence-electron chi connectivity index (χ3n) is 11.2. The summed E-state index contributed by atoms with van der Waals surface area (Å²) in [6.07, 6.45) is 3.98. The van der Waals surface area contributed by atoms with E-state index in [2.05, 4.69) is 22.4 Å². The number of likely N-dealkylation sites (tertiary alicyclic amines) is 1. The number of fused-ring (bicyclic) bond motifs is 1. The molecule has 1 spiro atoms. The third kappa shape index (κ3) is 6.49. The van der Waals surface area contributed by atoms with Crippen molar-refractivity contribution in [1.29, 1.82) is 5.41 Å². The number of alkyl halides is 3. The van der Waals surface area contributed by atoms with Crippen LogP contribution in [0.25, 0.3) is 22.0 Å². The summed E-state index contributed by atoms with van der Waals surface area (Å²) in [7, 11) is 0. The molecule has 0 radical (unpaired) electrons. The molecule has 8 rings (SSSR count). The lowest BCUT2D eigenvalue weighted by atomic mass is 9.72. The van der Waals surface area contributed by atoms with Gasteiger partial charge in [-0.15, -0.1) is 0 Å². The molecule has 3 N–H and O–H groups in total. The standard InChI is InChI=1S/C38H44F3N7O3/c1-3-30(49)48-19-37(20-48)10-12-46(13-11-37)35-27-14-26(24-5-6-24)32(31-22(2)4-9-29(43)28(31)15-42)34(51-21-38(39,40)41)33(27)44-36(45-35)47-16-23(17-47)18-50-25-7-8-25/h3-4,9,14-15,23-25,42H,1,5-8,10-13,16-21,43H2,2H3. The molecular formula is C38H44F3N7O3. The zero-order valence-corrected chi connectivity index (χ0v) is 28.9. The van der Waals surface area contributed by atoms with Crippen molar-refractivity contribution in [3.63, 3.8) is 0 Å². The SMILES string of the molecule is C=CC(=O)N1CC2(CCN(c3nc(N4CC(COC5CC5)C4)nc4c(OCC(F)(F)F)c(-c5c(C)ccc(N)c5C=N)c(C5CC5)cc34)CC2)C1. The van der Waals surface area contributed by atoms with E-state index in [9.17, 15) is 18.0 Å². The molecule has 5 fully saturated rings. The minimum absolute atomic E-state index is 0.0360. The van der Waals surface area contributed by atoms with Crippen LogP contribution in [0.1, 0.15) is 61.1 Å². The van der Waals surface area contributed by atoms with E-state index in [1.54, 1.807) is 6.07 Å². The fourth-order valence-corrected chi connectivity index (χ4v) is 8.02. The first kappa shape index (κ1) is 33.7. The smallest absolute Gasteiger partial charge is 0.422 e. The van der Waals surface area contributed by atoms with Crippen LogP contribution in [0.15, 0.2) is 30.9 Å². The molecule has 13 heteroatoms. The van der Waals surface area contributed by atoms with Gasteiger partial charge >= 0.3 is 6.18 Å². The topological polar surface area (TPSA) is 121 Å². The Balaban J connectivity index is 1.26. The molecule has 3 aromatic rings. The Labute approximate surface area is 295 Å². The van der Waals surface area contributed by atoms with Gasteiger partial charge in [-0.2, -0.15) is 18.2 Å². The number of hydrogen-bond acceptors (Lipinski definition) is 9. The number of carbonyl (C=O) groups is 1. The number of aryl methyl sites for hydroxylation is 1. The van der Waals surface area contributed by atoms with Crippen LogP contribution >= 0.6 is 0 Å². The molecule has 0 bridgehead atoms. The summed E-state index contributed by atoms with van der Waals surface area (Å²) in [6, 6.07) is 5.61. The van der Waals surface area contributed by atoms with Crippen LogP contribution in [0.5, 0.6) is 5.75 Å². The van der Waals surface area contributed by atoms with E-state index in [1.807, 2.05) is 17.9 Å². The van der Waals surface area contributed by atoms with E-state index in [-0.39, 0.29) is 23.0 Å². The van der Waals surface area contributed by atoms with Gasteiger partial charge in [-0.3, -0.25) is 4.79 Å². The van der Waals surface area contributed by atoms with Crippen LogP contribution in [0.4, 0.5) is 30.6 Å². The van der Waals surface area contributed by atoms with Gasteiger partial charge in [-0.05, 0) is 86.3 Å². The molecule has 51 heavy (non-hydrogen) atoms. The first-order valence-electron chi connectivity index (χ1n) is 18.0. The lowest BCUT2D eigenvalue weighted by molar-refractivity contribution is -0.153. The minimum atomic E-state index is -4.59. The van der Waals surface area contributed by atoms with Crippen molar-refractivity contribution >= 4 is 40.5 Å². The summed E-state index contributed by atoms with van der Waals surface area (Å²) in [5, 5.41) is 8.93. The van der Waals surface area contributed by atoms with Gasteiger partial charge in [-0.25, -0.2) is 4.98 Å². The Morgan fingerprint density at radius 3 is 2.45 bits per heavy atom. The molecule has 4 heterocycles. The number of rotatable bonds is 11. The number of nitrogens with zero attached hydrogens (tertiary/aromatic N) is 5. The number of nitrogen functional groups attached to an aromatic ring is 1. The fourth-order valence-electron chi connectivity index (χ4n) is 8.02. The molecule has 0 atom stereocenters. The Hall–Kier alpha value is -4.39. The van der Waals surface area contributed by atoms with Crippen LogP contribution in [-0.2, 0) is 9.53 Å². The molecule has 3 saturated heterocycles. The number of nitrogens with two attached hydrogens (primary N) is 1. The number of amides is 1. The maximum Gasteiger partial charge on any atom is 0.422 e. The molecule has 2 saturated carbocycles. The average molecular weight is 704 g/mol. The molecule has 1 amide bonds. The number of piperidine rings is 1. The number of aromatic nitrogens is 2. The van der Waals surface area contributed by atoms with Crippen LogP contribution in [0.2, 0.25) is 0 Å². The summed E-state index contributed by atoms with van der Waals surface area (Å²) >= 11 is 0. The molecule has 1 aromatic heterocycles. The summed E-state index contributed by atoms with van der Waals surface area (Å²) in [4.78, 5) is 28.5. The molecule has 3 aliphatic heterocycles. The van der Waals surface area contributed by atoms with Gasteiger partial charge in [0.25, 0.3) is 0 Å². The van der Waals surface area contributed by atoms with Gasteiger partial charge in [-0.1, -0.05) is 12.6 Å². The van der Waals surface area contributed by atoms with Crippen molar-refractivity contribution in [2.45, 2.75) is 63.6 Å². The molecule has 0 unspecified atom stereocenters. The highest BCUT2D eigenvalue weighted by atomic mass is 19.4. The van der Waals surface area contributed by atoms with E-state index in [0.717, 1.165) is 49.7 Å². The third-order valence-corrected chi connectivity index (χ3v) is 11.2. The Bertz CT molecular complexity index is 1890. The van der Waals surface area contributed by atoms with Crippen LogP contribution in [0.3, 0.4) is 0 Å². The number of halogens is 3. The molecule has 2 aliphatic carbocycles. The molecular weight excluding hydrogens is 659 g/mol. The summed E-state index contributed by atoms with van der Waals surface area (Å²) in [5.41, 5.74) is 10.3. The van der Waals surface area contributed by atoms with E-state index in [4.69, 9.17) is 30.6 Å². The van der Waals surface area contributed by atoms with E-state index < -0.39 is 12.8 Å². The van der Waals surface area contributed by atoms with Crippen molar-refractivity contribution < 1.29 is 27.4 Å². The minimum Gasteiger partial charge on any atom is -0.481 e. The maximum atomic E-state index is 14.0. The molecule has 270 valence electrons. The Morgan fingerprint density at radius 2 is 1.82 bits per heavy atom. The van der Waals surface area contributed by atoms with Crippen molar-refractivity contribution in [2.24, 2.45) is 11.3 Å². The average Bonchev–Trinajstić information content (AvgIpc) is 4.00. The van der Waals surface area contributed by atoms with E-state index >= 15 is 0 Å². The maximum absolute atomic E-state index is 14.0. The zero-order chi connectivity index (χ0) is 35.7. The van der Waals surface area contributed by atoms with Crippen LogP contribution < -0.4 is 20.3 Å². The number of nitrogens with one attached hydrogen (secondary N) is 1. The number of carbonyl (C=O) groups excluding carboxylic acids is 1. The second-order valence-electron chi connectivity index (χ2n) is 15.2. The molecule has 2 aromatic carbocycles. The van der Waals surface area contributed by atoms with Crippen LogP contribution in [0, 0.1) is 23.7 Å². The zero-order valence-electron chi connectivity index (χ0n) is 28.9. The number of anilines is 3. The second kappa shape index (κ2) is 12.7. The fraction of sp³-hybridized carbons (Fsp3) is 0.526. The van der Waals surface area contributed by atoms with Gasteiger partial charge in [0.05, 0.1) is 12.7 Å². The van der Waals surface area contributed by atoms with Crippen molar-refractivity contribution in [2.75, 3.05) is 68.0 Å². The molecule has 5 aliphatic rings. The van der Waals surface area contributed by atoms with Gasteiger partial charge < -0.3 is 35.3 Å².